The monoisotopic (exact) mass is 282 g/mol. The second-order valence-electron chi connectivity index (χ2n) is 5.18. The van der Waals surface area contributed by atoms with Crippen molar-refractivity contribution in [3.8, 4) is 0 Å². The largest absolute Gasteiger partial charge is 0.293 e. The third-order valence-electron chi connectivity index (χ3n) is 3.35. The Morgan fingerprint density at radius 2 is 1.05 bits per heavy atom. The number of carbonyl (C=O) groups is 2. The van der Waals surface area contributed by atoms with E-state index in [0.717, 1.165) is 0 Å². The highest BCUT2D eigenvalue weighted by Crippen LogP contribution is 2.22. The van der Waals surface area contributed by atoms with Gasteiger partial charge in [-0.05, 0) is 5.92 Å². The lowest BCUT2D eigenvalue weighted by molar-refractivity contribution is 0.0767. The first-order chi connectivity index (χ1) is 9.61. The van der Waals surface area contributed by atoms with Gasteiger partial charge in [0, 0.05) is 11.1 Å². The van der Waals surface area contributed by atoms with E-state index in [1.54, 1.807) is 24.3 Å². The third kappa shape index (κ3) is 3.88. The van der Waals surface area contributed by atoms with Gasteiger partial charge in [0.25, 0.3) is 0 Å². The van der Waals surface area contributed by atoms with Gasteiger partial charge < -0.3 is 0 Å². The highest BCUT2D eigenvalue weighted by atomic mass is 16.2. The zero-order valence-corrected chi connectivity index (χ0v) is 11.7. The van der Waals surface area contributed by atoms with E-state index < -0.39 is 5.92 Å². The molecule has 0 fully saturated rings. The molecule has 0 aliphatic heterocycles. The number of benzene rings is 2. The second-order valence-corrected chi connectivity index (χ2v) is 5.18. The van der Waals surface area contributed by atoms with Crippen molar-refractivity contribution < 1.29 is 9.59 Å². The van der Waals surface area contributed by atoms with Crippen LogP contribution < -0.4 is 0 Å². The second kappa shape index (κ2) is 7.53. The average molecular weight is 282 g/mol. The lowest BCUT2D eigenvalue weighted by Gasteiger charge is -2.18. The van der Waals surface area contributed by atoms with Crippen LogP contribution in [0.4, 0.5) is 0 Å². The molecule has 0 unspecified atom stereocenters. The van der Waals surface area contributed by atoms with E-state index in [0.29, 0.717) is 11.1 Å². The molecule has 2 heteroatoms. The molecule has 0 bridgehead atoms. The molecule has 0 spiro atoms. The topological polar surface area (TPSA) is 34.1 Å². The molecule has 0 N–H and O–H groups in total. The first-order valence-corrected chi connectivity index (χ1v) is 6.79. The maximum absolute atomic E-state index is 12.6. The Morgan fingerprint density at radius 3 is 1.33 bits per heavy atom. The molecule has 110 valence electrons. The van der Waals surface area contributed by atoms with E-state index in [2.05, 4.69) is 0 Å². The summed E-state index contributed by atoms with van der Waals surface area (Å²) in [6.07, 6.45) is 0. The fourth-order valence-corrected chi connectivity index (χ4v) is 2.29. The molecule has 0 aliphatic rings. The van der Waals surface area contributed by atoms with Crippen LogP contribution in [-0.4, -0.2) is 11.6 Å². The van der Waals surface area contributed by atoms with Gasteiger partial charge in [-0.15, -0.1) is 0 Å². The standard InChI is InChI=1S/C18H18O2.CH4/c1-13(2)16(17(19)14-9-5-3-6-10-14)18(20)15-11-7-4-8-12-15;/h3-13,16H,1-2H3;1H4. The molecule has 2 aromatic rings. The fraction of sp³-hybridized carbons (Fsp3) is 0.263. The van der Waals surface area contributed by atoms with E-state index in [4.69, 9.17) is 0 Å². The van der Waals surface area contributed by atoms with Crippen molar-refractivity contribution >= 4 is 11.6 Å². The minimum Gasteiger partial charge on any atom is -0.293 e. The van der Waals surface area contributed by atoms with Gasteiger partial charge in [-0.1, -0.05) is 81.9 Å². The number of hydrogen-bond acceptors (Lipinski definition) is 2. The van der Waals surface area contributed by atoms with Crippen LogP contribution >= 0.6 is 0 Å². The zero-order valence-electron chi connectivity index (χ0n) is 11.7. The van der Waals surface area contributed by atoms with Gasteiger partial charge in [0.05, 0.1) is 5.92 Å². The maximum Gasteiger partial charge on any atom is 0.173 e. The van der Waals surface area contributed by atoms with Crippen LogP contribution in [0.3, 0.4) is 0 Å². The Labute approximate surface area is 126 Å². The summed E-state index contributed by atoms with van der Waals surface area (Å²) < 4.78 is 0. The molecule has 0 saturated heterocycles. The van der Waals surface area contributed by atoms with Crippen molar-refractivity contribution in [3.63, 3.8) is 0 Å². The Bertz CT molecular complexity index is 534. The van der Waals surface area contributed by atoms with Crippen LogP contribution in [0.1, 0.15) is 42.0 Å². The van der Waals surface area contributed by atoms with Crippen LogP contribution in [0.2, 0.25) is 0 Å². The van der Waals surface area contributed by atoms with Gasteiger partial charge in [0.2, 0.25) is 0 Å². The Hall–Kier alpha value is -2.22. The van der Waals surface area contributed by atoms with Crippen LogP contribution in [0.25, 0.3) is 0 Å². The SMILES string of the molecule is C.CC(C)C(C(=O)c1ccccc1)C(=O)c1ccccc1. The number of Topliss-reactive ketones (excluding diaryl/α,β-unsaturated/α-hetero) is 2. The predicted molar refractivity (Wildman–Crippen MR) is 86.6 cm³/mol. The van der Waals surface area contributed by atoms with Gasteiger partial charge in [-0.25, -0.2) is 0 Å². The minimum atomic E-state index is -0.625. The van der Waals surface area contributed by atoms with Crippen LogP contribution in [0.15, 0.2) is 60.7 Å². The van der Waals surface area contributed by atoms with Crippen molar-refractivity contribution in [2.75, 3.05) is 0 Å². The predicted octanol–water partition coefficient (Wildman–Crippen LogP) is 4.66. The molecule has 0 radical (unpaired) electrons. The number of hydrogen-bond donors (Lipinski definition) is 0. The van der Waals surface area contributed by atoms with Crippen molar-refractivity contribution in [1.29, 1.82) is 0 Å². The number of carbonyl (C=O) groups excluding carboxylic acids is 2. The summed E-state index contributed by atoms with van der Waals surface area (Å²) in [6.45, 7) is 3.82. The maximum atomic E-state index is 12.6. The smallest absolute Gasteiger partial charge is 0.173 e. The summed E-state index contributed by atoms with van der Waals surface area (Å²) >= 11 is 0. The quantitative estimate of drug-likeness (QED) is 0.590. The lowest BCUT2D eigenvalue weighted by Crippen LogP contribution is -2.29. The summed E-state index contributed by atoms with van der Waals surface area (Å²) in [6, 6.07) is 18.0. The molecule has 0 heterocycles. The van der Waals surface area contributed by atoms with Crippen molar-refractivity contribution in [2.24, 2.45) is 11.8 Å². The number of rotatable bonds is 5. The van der Waals surface area contributed by atoms with E-state index in [-0.39, 0.29) is 24.9 Å². The Balaban J connectivity index is 0.00000220. The Morgan fingerprint density at radius 1 is 0.714 bits per heavy atom. The fourth-order valence-electron chi connectivity index (χ4n) is 2.29. The highest BCUT2D eigenvalue weighted by Gasteiger charge is 2.30. The molecule has 0 aliphatic carbocycles. The number of ketones is 2. The lowest BCUT2D eigenvalue weighted by atomic mass is 9.82. The first-order valence-electron chi connectivity index (χ1n) is 6.79. The van der Waals surface area contributed by atoms with Gasteiger partial charge in [0.1, 0.15) is 0 Å². The normalized spacial score (nSPS) is 10.3. The summed E-state index contributed by atoms with van der Waals surface area (Å²) in [5.41, 5.74) is 1.19. The molecule has 0 saturated carbocycles. The zero-order chi connectivity index (χ0) is 14.5. The van der Waals surface area contributed by atoms with Gasteiger partial charge >= 0.3 is 0 Å². The molecule has 2 nitrogen and oxygen atoms in total. The van der Waals surface area contributed by atoms with Crippen LogP contribution in [0, 0.1) is 11.8 Å². The highest BCUT2D eigenvalue weighted by molar-refractivity contribution is 6.16. The van der Waals surface area contributed by atoms with E-state index in [1.807, 2.05) is 50.2 Å². The van der Waals surface area contributed by atoms with Crippen LogP contribution in [0.5, 0.6) is 0 Å². The molecular weight excluding hydrogens is 260 g/mol. The molecule has 0 amide bonds. The Kier molecular flexibility index (Phi) is 6.04. The van der Waals surface area contributed by atoms with Crippen molar-refractivity contribution in [3.05, 3.63) is 71.8 Å². The molecule has 2 aromatic carbocycles. The van der Waals surface area contributed by atoms with E-state index in [1.165, 1.54) is 0 Å². The minimum absolute atomic E-state index is 0. The first kappa shape index (κ1) is 16.8. The average Bonchev–Trinajstić information content (AvgIpc) is 2.48. The van der Waals surface area contributed by atoms with E-state index >= 15 is 0 Å². The van der Waals surface area contributed by atoms with Crippen molar-refractivity contribution in [2.45, 2.75) is 21.3 Å². The van der Waals surface area contributed by atoms with Crippen molar-refractivity contribution in [1.82, 2.24) is 0 Å². The summed E-state index contributed by atoms with van der Waals surface area (Å²) in [7, 11) is 0. The van der Waals surface area contributed by atoms with Gasteiger partial charge in [-0.2, -0.15) is 0 Å². The summed E-state index contributed by atoms with van der Waals surface area (Å²) in [5.74, 6) is -0.862. The molecule has 0 aromatic heterocycles. The van der Waals surface area contributed by atoms with Gasteiger partial charge in [-0.3, -0.25) is 9.59 Å². The summed E-state index contributed by atoms with van der Waals surface area (Å²) in [5, 5.41) is 0. The molecule has 2 rings (SSSR count). The molecule has 0 atom stereocenters. The van der Waals surface area contributed by atoms with E-state index in [9.17, 15) is 9.59 Å². The molecule has 21 heavy (non-hydrogen) atoms. The molecular formula is C19H22O2. The van der Waals surface area contributed by atoms with Crippen LogP contribution in [-0.2, 0) is 0 Å². The van der Waals surface area contributed by atoms with Gasteiger partial charge in [0.15, 0.2) is 11.6 Å². The third-order valence-corrected chi connectivity index (χ3v) is 3.35. The summed E-state index contributed by atoms with van der Waals surface area (Å²) in [4.78, 5) is 25.2.